The third-order valence-corrected chi connectivity index (χ3v) is 10.4. The number of aliphatic hydroxyl groups is 3. The van der Waals surface area contributed by atoms with Gasteiger partial charge in [0.1, 0.15) is 0 Å². The molecular formula is C44H54N4O4. The second-order valence-electron chi connectivity index (χ2n) is 14.2. The first-order valence-corrected chi connectivity index (χ1v) is 19.0. The Morgan fingerprint density at radius 1 is 0.577 bits per heavy atom. The quantitative estimate of drug-likeness (QED) is 0.123. The van der Waals surface area contributed by atoms with Gasteiger partial charge in [-0.3, -0.25) is 24.7 Å². The summed E-state index contributed by atoms with van der Waals surface area (Å²) in [6, 6.07) is 8.11. The standard InChI is InChI=1S/C11H15NO.3C11H13NO/c4*13-8-9-5-11(7-12-6-9)10-3-1-2-4-10/h5-7,10,13H,1-4,8H2;5-8,10H,1-4H2;3,5-7,13H,1-2,4,8H2;1,3,5-7,10,13H,2,4,8H2. The molecule has 0 bridgehead atoms. The molecule has 4 aromatic heterocycles. The van der Waals surface area contributed by atoms with Crippen LogP contribution < -0.4 is 0 Å². The molecule has 2 saturated carbocycles. The van der Waals surface area contributed by atoms with E-state index in [0.717, 1.165) is 35.8 Å². The van der Waals surface area contributed by atoms with Crippen molar-refractivity contribution in [3.05, 3.63) is 137 Å². The van der Waals surface area contributed by atoms with E-state index in [-0.39, 0.29) is 19.8 Å². The lowest BCUT2D eigenvalue weighted by atomic mass is 9.98. The predicted molar refractivity (Wildman–Crippen MR) is 205 cm³/mol. The van der Waals surface area contributed by atoms with E-state index in [1.54, 1.807) is 24.8 Å². The molecule has 0 aliphatic heterocycles. The second kappa shape index (κ2) is 21.2. The fourth-order valence-electron chi connectivity index (χ4n) is 7.49. The number of allylic oxidation sites excluding steroid dienone is 4. The lowest BCUT2D eigenvalue weighted by molar-refractivity contribution is 0.112. The summed E-state index contributed by atoms with van der Waals surface area (Å²) in [5.74, 6) is 1.85. The van der Waals surface area contributed by atoms with Crippen molar-refractivity contribution in [3.63, 3.8) is 0 Å². The molecule has 8 rings (SSSR count). The molecule has 1 atom stereocenters. The summed E-state index contributed by atoms with van der Waals surface area (Å²) in [5.41, 5.74) is 9.75. The number of carbonyl (C=O) groups is 1. The van der Waals surface area contributed by atoms with Crippen LogP contribution in [-0.2, 0) is 19.8 Å². The zero-order chi connectivity index (χ0) is 36.4. The molecule has 0 amide bonds. The fourth-order valence-corrected chi connectivity index (χ4v) is 7.49. The summed E-state index contributed by atoms with van der Waals surface area (Å²) < 4.78 is 0. The summed E-state index contributed by atoms with van der Waals surface area (Å²) in [5, 5.41) is 26.9. The molecule has 0 saturated heterocycles. The maximum absolute atomic E-state index is 10.5. The smallest absolute Gasteiger partial charge is 0.151 e. The minimum Gasteiger partial charge on any atom is -0.392 e. The van der Waals surface area contributed by atoms with Gasteiger partial charge in [-0.05, 0) is 132 Å². The molecule has 4 aliphatic rings. The van der Waals surface area contributed by atoms with Crippen LogP contribution in [0.4, 0.5) is 0 Å². The van der Waals surface area contributed by atoms with Gasteiger partial charge in [0.05, 0.1) is 19.8 Å². The third kappa shape index (κ3) is 11.8. The van der Waals surface area contributed by atoms with Gasteiger partial charge >= 0.3 is 0 Å². The van der Waals surface area contributed by atoms with Crippen molar-refractivity contribution < 1.29 is 20.1 Å². The highest BCUT2D eigenvalue weighted by Gasteiger charge is 2.18. The Hall–Kier alpha value is -4.37. The molecule has 4 heterocycles. The zero-order valence-electron chi connectivity index (χ0n) is 30.3. The van der Waals surface area contributed by atoms with Crippen molar-refractivity contribution in [1.29, 1.82) is 0 Å². The van der Waals surface area contributed by atoms with Crippen molar-refractivity contribution >= 4 is 11.9 Å². The van der Waals surface area contributed by atoms with E-state index in [1.807, 2.05) is 43.0 Å². The Morgan fingerprint density at radius 3 is 1.65 bits per heavy atom. The summed E-state index contributed by atoms with van der Waals surface area (Å²) in [4.78, 5) is 26.9. The molecule has 0 aromatic carbocycles. The van der Waals surface area contributed by atoms with Crippen molar-refractivity contribution in [2.75, 3.05) is 0 Å². The molecule has 274 valence electrons. The van der Waals surface area contributed by atoms with Crippen LogP contribution in [0.3, 0.4) is 0 Å². The molecule has 52 heavy (non-hydrogen) atoms. The van der Waals surface area contributed by atoms with Crippen LogP contribution in [0.5, 0.6) is 0 Å². The summed E-state index contributed by atoms with van der Waals surface area (Å²) in [7, 11) is 0. The maximum Gasteiger partial charge on any atom is 0.151 e. The highest BCUT2D eigenvalue weighted by Crippen LogP contribution is 2.35. The van der Waals surface area contributed by atoms with E-state index in [2.05, 4.69) is 44.2 Å². The Labute approximate surface area is 308 Å². The molecule has 8 nitrogen and oxygen atoms in total. The Bertz CT molecular complexity index is 1740. The van der Waals surface area contributed by atoms with Gasteiger partial charge in [-0.1, -0.05) is 50.0 Å². The van der Waals surface area contributed by atoms with E-state index < -0.39 is 0 Å². The van der Waals surface area contributed by atoms with Crippen LogP contribution in [0.15, 0.2) is 92.1 Å². The Morgan fingerprint density at radius 2 is 1.12 bits per heavy atom. The molecule has 3 N–H and O–H groups in total. The Kier molecular flexibility index (Phi) is 15.9. The van der Waals surface area contributed by atoms with Gasteiger partial charge < -0.3 is 15.3 Å². The van der Waals surface area contributed by atoms with E-state index in [4.69, 9.17) is 15.3 Å². The molecule has 0 radical (unpaired) electrons. The van der Waals surface area contributed by atoms with Gasteiger partial charge in [0.25, 0.3) is 0 Å². The first kappa shape index (κ1) is 38.9. The highest BCUT2D eigenvalue weighted by molar-refractivity contribution is 5.74. The average Bonchev–Trinajstić information content (AvgIpc) is 4.07. The van der Waals surface area contributed by atoms with Crippen LogP contribution in [0.1, 0.15) is 151 Å². The number of carbonyl (C=O) groups excluding carboxylic acids is 1. The second-order valence-corrected chi connectivity index (χ2v) is 14.2. The summed E-state index contributed by atoms with van der Waals surface area (Å²) >= 11 is 0. The molecule has 8 heteroatoms. The normalized spacial score (nSPS) is 18.1. The van der Waals surface area contributed by atoms with Crippen molar-refractivity contribution in [3.8, 4) is 0 Å². The molecular weight excluding hydrogens is 649 g/mol. The molecule has 0 spiro atoms. The number of aromatic nitrogens is 4. The summed E-state index contributed by atoms with van der Waals surface area (Å²) in [6.07, 6.45) is 38.2. The number of aldehydes is 1. The number of nitrogens with zero attached hydrogens (tertiary/aromatic N) is 4. The van der Waals surface area contributed by atoms with Crippen LogP contribution in [0, 0.1) is 0 Å². The maximum atomic E-state index is 10.5. The van der Waals surface area contributed by atoms with Gasteiger partial charge in [-0.25, -0.2) is 0 Å². The first-order valence-electron chi connectivity index (χ1n) is 19.0. The van der Waals surface area contributed by atoms with Crippen molar-refractivity contribution in [2.45, 2.75) is 121 Å². The van der Waals surface area contributed by atoms with Crippen LogP contribution in [-0.4, -0.2) is 41.5 Å². The van der Waals surface area contributed by atoms with E-state index >= 15 is 0 Å². The monoisotopic (exact) mass is 702 g/mol. The lowest BCUT2D eigenvalue weighted by Crippen LogP contribution is -1.95. The summed E-state index contributed by atoms with van der Waals surface area (Å²) in [6.45, 7) is 0.263. The SMILES string of the molecule is O=Cc1cncc(C2CCCC2)c1.OCc1cncc(C2=CCCC2)c1.OCc1cncc(C2C=CCC2)c1.OCc1cncc(C2CCCC2)c1. The topological polar surface area (TPSA) is 129 Å². The van der Waals surface area contributed by atoms with Crippen LogP contribution in [0.2, 0.25) is 0 Å². The van der Waals surface area contributed by atoms with Gasteiger partial charge in [-0.15, -0.1) is 0 Å². The van der Waals surface area contributed by atoms with Crippen LogP contribution >= 0.6 is 0 Å². The van der Waals surface area contributed by atoms with Gasteiger partial charge in [0, 0.05) is 61.1 Å². The number of hydrogen-bond acceptors (Lipinski definition) is 8. The van der Waals surface area contributed by atoms with Crippen molar-refractivity contribution in [2.24, 2.45) is 0 Å². The van der Waals surface area contributed by atoms with Crippen molar-refractivity contribution in [1.82, 2.24) is 19.9 Å². The van der Waals surface area contributed by atoms with Gasteiger partial charge in [-0.2, -0.15) is 0 Å². The van der Waals surface area contributed by atoms with E-state index in [1.165, 1.54) is 98.5 Å². The number of hydrogen-bond donors (Lipinski definition) is 3. The van der Waals surface area contributed by atoms with Gasteiger partial charge in [0.2, 0.25) is 0 Å². The molecule has 2 fully saturated rings. The minimum atomic E-state index is 0.0775. The minimum absolute atomic E-state index is 0.0775. The molecule has 4 aromatic rings. The average molecular weight is 703 g/mol. The number of aliphatic hydroxyl groups excluding tert-OH is 3. The number of pyridine rings is 4. The largest absolute Gasteiger partial charge is 0.392 e. The van der Waals surface area contributed by atoms with Gasteiger partial charge in [0.15, 0.2) is 6.29 Å². The zero-order valence-corrected chi connectivity index (χ0v) is 30.3. The fraction of sp³-hybridized carbons (Fsp3) is 0.432. The molecule has 1 unspecified atom stereocenters. The molecule has 4 aliphatic carbocycles. The predicted octanol–water partition coefficient (Wildman–Crippen LogP) is 8.93. The Balaban J connectivity index is 0.000000134. The number of rotatable bonds is 8. The third-order valence-electron chi connectivity index (χ3n) is 10.4. The van der Waals surface area contributed by atoms with Crippen LogP contribution in [0.25, 0.3) is 5.57 Å². The lowest BCUT2D eigenvalue weighted by Gasteiger charge is -2.09. The first-order chi connectivity index (χ1) is 25.6. The van der Waals surface area contributed by atoms with E-state index in [9.17, 15) is 4.79 Å². The highest BCUT2D eigenvalue weighted by atomic mass is 16.3. The van der Waals surface area contributed by atoms with E-state index in [0.29, 0.717) is 23.3 Å².